The highest BCUT2D eigenvalue weighted by Gasteiger charge is 2.25. The van der Waals surface area contributed by atoms with Crippen molar-refractivity contribution in [3.8, 4) is 0 Å². The van der Waals surface area contributed by atoms with Gasteiger partial charge in [0, 0.05) is 12.0 Å². The minimum atomic E-state index is -0.759. The monoisotopic (exact) mass is 329 g/mol. The van der Waals surface area contributed by atoms with Crippen molar-refractivity contribution in [2.45, 2.75) is 44.1 Å². The number of hydrogen-bond acceptors (Lipinski definition) is 5. The standard InChI is InChI=1S/C17H23N5O2/c23-16(24)11-21-8-6-12(7-9-21)17-19-15-5-4-14(10-22(15)20-17)18-13-2-1-3-13/h4-5,10,12-13,18H,1-3,6-9,11H2,(H,23,24). The molecule has 0 bridgehead atoms. The molecule has 2 aromatic heterocycles. The number of nitrogens with zero attached hydrogens (tertiary/aromatic N) is 4. The first-order valence-corrected chi connectivity index (χ1v) is 8.74. The van der Waals surface area contributed by atoms with Crippen LogP contribution in [0.2, 0.25) is 0 Å². The van der Waals surface area contributed by atoms with Gasteiger partial charge in [0.2, 0.25) is 0 Å². The Bertz CT molecular complexity index is 732. The molecule has 1 aliphatic heterocycles. The Morgan fingerprint density at radius 3 is 2.71 bits per heavy atom. The highest BCUT2D eigenvalue weighted by molar-refractivity contribution is 5.69. The number of fused-ring (bicyclic) bond motifs is 1. The topological polar surface area (TPSA) is 82.8 Å². The Hall–Kier alpha value is -2.15. The average Bonchev–Trinajstić information content (AvgIpc) is 2.94. The quantitative estimate of drug-likeness (QED) is 0.872. The van der Waals surface area contributed by atoms with E-state index in [1.54, 1.807) is 0 Å². The van der Waals surface area contributed by atoms with E-state index in [1.807, 2.05) is 21.7 Å². The molecule has 1 aliphatic carbocycles. The average molecular weight is 329 g/mol. The van der Waals surface area contributed by atoms with E-state index in [1.165, 1.54) is 19.3 Å². The number of rotatable bonds is 5. The minimum absolute atomic E-state index is 0.126. The number of aliphatic carboxylic acids is 1. The number of hydrogen-bond donors (Lipinski definition) is 2. The van der Waals surface area contributed by atoms with E-state index >= 15 is 0 Å². The maximum absolute atomic E-state index is 10.8. The van der Waals surface area contributed by atoms with Crippen LogP contribution in [-0.2, 0) is 4.79 Å². The summed E-state index contributed by atoms with van der Waals surface area (Å²) in [7, 11) is 0. The molecule has 0 unspecified atom stereocenters. The number of nitrogens with one attached hydrogen (secondary N) is 1. The van der Waals surface area contributed by atoms with Crippen molar-refractivity contribution in [1.29, 1.82) is 0 Å². The van der Waals surface area contributed by atoms with Crippen LogP contribution >= 0.6 is 0 Å². The summed E-state index contributed by atoms with van der Waals surface area (Å²) in [6, 6.07) is 4.68. The lowest BCUT2D eigenvalue weighted by molar-refractivity contribution is -0.138. The molecule has 2 N–H and O–H groups in total. The number of likely N-dealkylation sites (tertiary alicyclic amines) is 1. The summed E-state index contributed by atoms with van der Waals surface area (Å²) in [5.41, 5.74) is 1.97. The van der Waals surface area contributed by atoms with Crippen molar-refractivity contribution in [3.05, 3.63) is 24.2 Å². The minimum Gasteiger partial charge on any atom is -0.480 e. The zero-order chi connectivity index (χ0) is 16.5. The predicted octanol–water partition coefficient (Wildman–Crippen LogP) is 1.96. The van der Waals surface area contributed by atoms with Crippen LogP contribution in [0.15, 0.2) is 18.3 Å². The second-order valence-electron chi connectivity index (χ2n) is 6.91. The molecule has 0 spiro atoms. The Labute approximate surface area is 140 Å². The molecule has 0 aromatic carbocycles. The first-order chi connectivity index (χ1) is 11.7. The number of piperidine rings is 1. The number of carbonyl (C=O) groups is 1. The molecular weight excluding hydrogens is 306 g/mol. The van der Waals surface area contributed by atoms with E-state index in [0.29, 0.717) is 12.0 Å². The van der Waals surface area contributed by atoms with Gasteiger partial charge in [-0.2, -0.15) is 5.10 Å². The summed E-state index contributed by atoms with van der Waals surface area (Å²) in [4.78, 5) is 17.4. The molecule has 7 nitrogen and oxygen atoms in total. The second kappa shape index (κ2) is 6.39. The van der Waals surface area contributed by atoms with E-state index in [0.717, 1.165) is 43.1 Å². The molecule has 2 aromatic rings. The highest BCUT2D eigenvalue weighted by atomic mass is 16.4. The summed E-state index contributed by atoms with van der Waals surface area (Å²) in [5.74, 6) is 0.439. The fraction of sp³-hybridized carbons (Fsp3) is 0.588. The summed E-state index contributed by atoms with van der Waals surface area (Å²) in [6.45, 7) is 1.71. The molecule has 0 radical (unpaired) electrons. The SMILES string of the molecule is O=C(O)CN1CCC(c2nc3ccc(NC4CCC4)cn3n2)CC1. The maximum atomic E-state index is 10.8. The van der Waals surface area contributed by atoms with Gasteiger partial charge in [-0.15, -0.1) is 0 Å². The maximum Gasteiger partial charge on any atom is 0.317 e. The largest absolute Gasteiger partial charge is 0.480 e. The van der Waals surface area contributed by atoms with Crippen LogP contribution in [0.4, 0.5) is 5.69 Å². The van der Waals surface area contributed by atoms with Crippen molar-refractivity contribution >= 4 is 17.3 Å². The molecule has 128 valence electrons. The van der Waals surface area contributed by atoms with E-state index in [-0.39, 0.29) is 6.54 Å². The number of anilines is 1. The molecule has 3 heterocycles. The Balaban J connectivity index is 1.44. The second-order valence-corrected chi connectivity index (χ2v) is 6.91. The van der Waals surface area contributed by atoms with E-state index < -0.39 is 5.97 Å². The zero-order valence-corrected chi connectivity index (χ0v) is 13.7. The Morgan fingerprint density at radius 1 is 1.25 bits per heavy atom. The molecule has 1 saturated carbocycles. The van der Waals surface area contributed by atoms with Crippen LogP contribution in [0.5, 0.6) is 0 Å². The molecule has 24 heavy (non-hydrogen) atoms. The summed E-state index contributed by atoms with van der Waals surface area (Å²) in [5, 5.41) is 17.1. The summed E-state index contributed by atoms with van der Waals surface area (Å²) < 4.78 is 1.86. The van der Waals surface area contributed by atoms with E-state index in [4.69, 9.17) is 5.11 Å². The predicted molar refractivity (Wildman–Crippen MR) is 90.3 cm³/mol. The van der Waals surface area contributed by atoms with Crippen molar-refractivity contribution in [1.82, 2.24) is 19.5 Å². The van der Waals surface area contributed by atoms with Crippen LogP contribution < -0.4 is 5.32 Å². The van der Waals surface area contributed by atoms with Crippen molar-refractivity contribution < 1.29 is 9.90 Å². The van der Waals surface area contributed by atoms with Crippen LogP contribution in [0.3, 0.4) is 0 Å². The van der Waals surface area contributed by atoms with Gasteiger partial charge in [-0.1, -0.05) is 0 Å². The number of aromatic nitrogens is 3. The van der Waals surface area contributed by atoms with Crippen molar-refractivity contribution in [3.63, 3.8) is 0 Å². The van der Waals surface area contributed by atoms with Crippen molar-refractivity contribution in [2.24, 2.45) is 0 Å². The van der Waals surface area contributed by atoms with Gasteiger partial charge in [-0.25, -0.2) is 9.50 Å². The molecule has 2 aliphatic rings. The van der Waals surface area contributed by atoms with Gasteiger partial charge in [0.15, 0.2) is 11.5 Å². The zero-order valence-electron chi connectivity index (χ0n) is 13.7. The van der Waals surface area contributed by atoms with Gasteiger partial charge in [0.05, 0.1) is 18.4 Å². The number of carboxylic acid groups (broad SMARTS) is 1. The summed E-state index contributed by atoms with van der Waals surface area (Å²) in [6.07, 6.45) is 7.65. The Kier molecular flexibility index (Phi) is 4.10. The van der Waals surface area contributed by atoms with E-state index in [9.17, 15) is 4.79 Å². The fourth-order valence-corrected chi connectivity index (χ4v) is 3.49. The molecule has 0 atom stereocenters. The Morgan fingerprint density at radius 2 is 2.04 bits per heavy atom. The van der Waals surface area contributed by atoms with E-state index in [2.05, 4.69) is 21.5 Å². The van der Waals surface area contributed by atoms with Crippen LogP contribution in [0, 0.1) is 0 Å². The smallest absolute Gasteiger partial charge is 0.317 e. The summed E-state index contributed by atoms with van der Waals surface area (Å²) >= 11 is 0. The third-order valence-corrected chi connectivity index (χ3v) is 5.13. The highest BCUT2D eigenvalue weighted by Crippen LogP contribution is 2.27. The molecule has 1 saturated heterocycles. The fourth-order valence-electron chi connectivity index (χ4n) is 3.49. The third kappa shape index (κ3) is 3.21. The van der Waals surface area contributed by atoms with Gasteiger partial charge in [0.25, 0.3) is 0 Å². The van der Waals surface area contributed by atoms with Gasteiger partial charge in [-0.05, 0) is 57.3 Å². The van der Waals surface area contributed by atoms with Gasteiger partial charge in [-0.3, -0.25) is 9.69 Å². The van der Waals surface area contributed by atoms with Crippen molar-refractivity contribution in [2.75, 3.05) is 25.0 Å². The van der Waals surface area contributed by atoms with Crippen LogP contribution in [0.1, 0.15) is 43.8 Å². The molecule has 4 rings (SSSR count). The molecule has 7 heteroatoms. The first kappa shape index (κ1) is 15.4. The molecule has 0 amide bonds. The van der Waals surface area contributed by atoms with Crippen LogP contribution in [-0.4, -0.2) is 56.2 Å². The lowest BCUT2D eigenvalue weighted by Gasteiger charge is -2.29. The van der Waals surface area contributed by atoms with Gasteiger partial charge < -0.3 is 10.4 Å². The third-order valence-electron chi connectivity index (χ3n) is 5.13. The van der Waals surface area contributed by atoms with Gasteiger partial charge in [0.1, 0.15) is 0 Å². The number of carboxylic acids is 1. The lowest BCUT2D eigenvalue weighted by Crippen LogP contribution is -2.36. The van der Waals surface area contributed by atoms with Gasteiger partial charge >= 0.3 is 5.97 Å². The normalized spacial score (nSPS) is 20.2. The number of pyridine rings is 1. The molecule has 2 fully saturated rings. The molecular formula is C17H23N5O2. The lowest BCUT2D eigenvalue weighted by atomic mass is 9.93. The van der Waals surface area contributed by atoms with Crippen LogP contribution in [0.25, 0.3) is 5.65 Å². The first-order valence-electron chi connectivity index (χ1n) is 8.74.